The first-order valence-electron chi connectivity index (χ1n) is 6.54. The lowest BCUT2D eigenvalue weighted by molar-refractivity contribution is -0.120. The first-order valence-corrected chi connectivity index (χ1v) is 7.73. The van der Waals surface area contributed by atoms with Crippen molar-refractivity contribution in [3.05, 3.63) is 69.8 Å². The van der Waals surface area contributed by atoms with Gasteiger partial charge in [0.2, 0.25) is 0 Å². The SMILES string of the molecule is O=C1S/C(=C/c2ccc(Cl)cc2)C(=O)N1C(=O)c1ccncc1. The molecule has 1 fully saturated rings. The molecular formula is C16H9ClN2O3S. The topological polar surface area (TPSA) is 67.3 Å². The zero-order valence-electron chi connectivity index (χ0n) is 11.6. The van der Waals surface area contributed by atoms with E-state index in [2.05, 4.69) is 4.98 Å². The second kappa shape index (κ2) is 6.36. The van der Waals surface area contributed by atoms with E-state index in [0.717, 1.165) is 17.3 Å². The number of carbonyl (C=O) groups excluding carboxylic acids is 3. The van der Waals surface area contributed by atoms with Gasteiger partial charge in [-0.1, -0.05) is 23.7 Å². The van der Waals surface area contributed by atoms with E-state index in [1.54, 1.807) is 30.3 Å². The van der Waals surface area contributed by atoms with Gasteiger partial charge in [-0.2, -0.15) is 0 Å². The van der Waals surface area contributed by atoms with Crippen LogP contribution in [0.3, 0.4) is 0 Å². The molecule has 7 heteroatoms. The summed E-state index contributed by atoms with van der Waals surface area (Å²) in [4.78, 5) is 41.3. The van der Waals surface area contributed by atoms with E-state index in [1.807, 2.05) is 0 Å². The van der Waals surface area contributed by atoms with Crippen LogP contribution >= 0.6 is 23.4 Å². The fourth-order valence-corrected chi connectivity index (χ4v) is 2.92. The predicted molar refractivity (Wildman–Crippen MR) is 87.8 cm³/mol. The molecule has 1 aromatic carbocycles. The lowest BCUT2D eigenvalue weighted by Crippen LogP contribution is -2.34. The molecule has 0 spiro atoms. The molecule has 0 radical (unpaired) electrons. The van der Waals surface area contributed by atoms with Crippen LogP contribution in [0.25, 0.3) is 6.08 Å². The normalized spacial score (nSPS) is 16.2. The summed E-state index contributed by atoms with van der Waals surface area (Å²) < 4.78 is 0. The van der Waals surface area contributed by atoms with Gasteiger partial charge in [0.1, 0.15) is 0 Å². The highest BCUT2D eigenvalue weighted by Gasteiger charge is 2.40. The summed E-state index contributed by atoms with van der Waals surface area (Å²) in [6.45, 7) is 0. The smallest absolute Gasteiger partial charge is 0.268 e. The van der Waals surface area contributed by atoms with Gasteiger partial charge in [-0.05, 0) is 47.7 Å². The molecule has 0 saturated carbocycles. The number of aromatic nitrogens is 1. The van der Waals surface area contributed by atoms with E-state index < -0.39 is 17.1 Å². The van der Waals surface area contributed by atoms with Crippen molar-refractivity contribution in [3.8, 4) is 0 Å². The molecule has 0 atom stereocenters. The van der Waals surface area contributed by atoms with Crippen LogP contribution < -0.4 is 0 Å². The van der Waals surface area contributed by atoms with Gasteiger partial charge in [-0.25, -0.2) is 4.90 Å². The van der Waals surface area contributed by atoms with Gasteiger partial charge >= 0.3 is 5.24 Å². The fourth-order valence-electron chi connectivity index (χ4n) is 1.98. The number of nitrogens with zero attached hydrogens (tertiary/aromatic N) is 2. The fraction of sp³-hybridized carbons (Fsp3) is 0. The van der Waals surface area contributed by atoms with E-state index >= 15 is 0 Å². The maximum Gasteiger partial charge on any atom is 0.300 e. The third kappa shape index (κ3) is 3.18. The Bertz CT molecular complexity index is 819. The number of amides is 3. The Morgan fingerprint density at radius 1 is 1.09 bits per heavy atom. The molecule has 23 heavy (non-hydrogen) atoms. The highest BCUT2D eigenvalue weighted by molar-refractivity contribution is 8.18. The molecule has 0 aliphatic carbocycles. The van der Waals surface area contributed by atoms with Crippen molar-refractivity contribution in [2.75, 3.05) is 0 Å². The Labute approximate surface area is 141 Å². The molecular weight excluding hydrogens is 336 g/mol. The van der Waals surface area contributed by atoms with Crippen LogP contribution in [-0.4, -0.2) is 26.9 Å². The Morgan fingerprint density at radius 2 is 1.74 bits per heavy atom. The molecule has 0 bridgehead atoms. The summed E-state index contributed by atoms with van der Waals surface area (Å²) in [5.74, 6) is -1.29. The van der Waals surface area contributed by atoms with Crippen molar-refractivity contribution in [2.24, 2.45) is 0 Å². The van der Waals surface area contributed by atoms with E-state index in [9.17, 15) is 14.4 Å². The van der Waals surface area contributed by atoms with E-state index in [-0.39, 0.29) is 10.5 Å². The number of hydrogen-bond donors (Lipinski definition) is 0. The molecule has 0 N–H and O–H groups in total. The molecule has 114 valence electrons. The van der Waals surface area contributed by atoms with E-state index in [4.69, 9.17) is 11.6 Å². The average Bonchev–Trinajstić information content (AvgIpc) is 2.84. The third-order valence-electron chi connectivity index (χ3n) is 3.09. The maximum atomic E-state index is 12.4. The number of thioether (sulfide) groups is 1. The number of rotatable bonds is 2. The molecule has 1 aliphatic heterocycles. The van der Waals surface area contributed by atoms with Crippen LogP contribution in [0.2, 0.25) is 5.02 Å². The zero-order chi connectivity index (χ0) is 16.4. The minimum atomic E-state index is -0.658. The molecule has 5 nitrogen and oxygen atoms in total. The Balaban J connectivity index is 1.88. The third-order valence-corrected chi connectivity index (χ3v) is 4.21. The summed E-state index contributed by atoms with van der Waals surface area (Å²) in [6, 6.07) is 9.71. The monoisotopic (exact) mass is 344 g/mol. The zero-order valence-corrected chi connectivity index (χ0v) is 13.2. The van der Waals surface area contributed by atoms with Crippen molar-refractivity contribution >= 4 is 46.5 Å². The lowest BCUT2D eigenvalue weighted by atomic mass is 10.2. The largest absolute Gasteiger partial charge is 0.300 e. The Morgan fingerprint density at radius 3 is 2.39 bits per heavy atom. The van der Waals surface area contributed by atoms with Gasteiger partial charge in [0, 0.05) is 23.0 Å². The molecule has 1 aromatic heterocycles. The number of pyridine rings is 1. The number of carbonyl (C=O) groups is 3. The molecule has 2 aromatic rings. The summed E-state index contributed by atoms with van der Waals surface area (Å²) in [7, 11) is 0. The lowest BCUT2D eigenvalue weighted by Gasteiger charge is -2.09. The minimum absolute atomic E-state index is 0.194. The standard InChI is InChI=1S/C16H9ClN2O3S/c17-12-3-1-10(2-4-12)9-13-15(21)19(16(22)23-13)14(20)11-5-7-18-8-6-11/h1-9H/b13-9+. The van der Waals surface area contributed by atoms with Gasteiger partial charge in [-0.3, -0.25) is 19.4 Å². The Hall–Kier alpha value is -2.44. The summed E-state index contributed by atoms with van der Waals surface area (Å²) in [6.07, 6.45) is 4.41. The molecule has 3 amide bonds. The first-order chi connectivity index (χ1) is 11.1. The van der Waals surface area contributed by atoms with Crippen molar-refractivity contribution in [1.29, 1.82) is 0 Å². The number of imide groups is 3. The quantitative estimate of drug-likeness (QED) is 0.615. The highest BCUT2D eigenvalue weighted by Crippen LogP contribution is 2.33. The second-order valence-corrected chi connectivity index (χ2v) is 6.04. The summed E-state index contributed by atoms with van der Waals surface area (Å²) in [5, 5.41) is -0.0415. The van der Waals surface area contributed by atoms with E-state index in [0.29, 0.717) is 9.92 Å². The Kier molecular flexibility index (Phi) is 4.27. The molecule has 3 rings (SSSR count). The van der Waals surface area contributed by atoms with Crippen molar-refractivity contribution in [3.63, 3.8) is 0 Å². The molecule has 1 saturated heterocycles. The van der Waals surface area contributed by atoms with Crippen LogP contribution in [0.5, 0.6) is 0 Å². The molecule has 2 heterocycles. The highest BCUT2D eigenvalue weighted by atomic mass is 35.5. The summed E-state index contributed by atoms with van der Waals surface area (Å²) >= 11 is 6.54. The van der Waals surface area contributed by atoms with Crippen LogP contribution in [0.15, 0.2) is 53.7 Å². The van der Waals surface area contributed by atoms with Gasteiger partial charge < -0.3 is 0 Å². The predicted octanol–water partition coefficient (Wildman–Crippen LogP) is 3.61. The number of halogens is 1. The van der Waals surface area contributed by atoms with Crippen LogP contribution in [0.1, 0.15) is 15.9 Å². The summed E-state index contributed by atoms with van der Waals surface area (Å²) in [5.41, 5.74) is 0.950. The van der Waals surface area contributed by atoms with Gasteiger partial charge in [-0.15, -0.1) is 0 Å². The first kappa shape index (κ1) is 15.5. The molecule has 1 aliphatic rings. The van der Waals surface area contributed by atoms with Crippen molar-refractivity contribution < 1.29 is 14.4 Å². The van der Waals surface area contributed by atoms with Crippen LogP contribution in [-0.2, 0) is 4.79 Å². The minimum Gasteiger partial charge on any atom is -0.268 e. The maximum absolute atomic E-state index is 12.4. The van der Waals surface area contributed by atoms with Crippen LogP contribution in [0, 0.1) is 0 Å². The van der Waals surface area contributed by atoms with Gasteiger partial charge in [0.05, 0.1) is 4.91 Å². The van der Waals surface area contributed by atoms with Crippen molar-refractivity contribution in [1.82, 2.24) is 9.88 Å². The van der Waals surface area contributed by atoms with Crippen molar-refractivity contribution in [2.45, 2.75) is 0 Å². The average molecular weight is 345 g/mol. The van der Waals surface area contributed by atoms with Gasteiger partial charge in [0.15, 0.2) is 0 Å². The number of hydrogen-bond acceptors (Lipinski definition) is 5. The van der Waals surface area contributed by atoms with Gasteiger partial charge in [0.25, 0.3) is 11.8 Å². The molecule has 0 unspecified atom stereocenters. The van der Waals surface area contributed by atoms with Crippen LogP contribution in [0.4, 0.5) is 4.79 Å². The number of benzene rings is 1. The van der Waals surface area contributed by atoms with E-state index in [1.165, 1.54) is 24.5 Å². The second-order valence-electron chi connectivity index (χ2n) is 4.61.